The number of aromatic nitrogens is 2. The van der Waals surface area contributed by atoms with Gasteiger partial charge in [0.15, 0.2) is 0 Å². The fourth-order valence-electron chi connectivity index (χ4n) is 1.14. The van der Waals surface area contributed by atoms with Crippen LogP contribution in [0.25, 0.3) is 0 Å². The lowest BCUT2D eigenvalue weighted by Gasteiger charge is -2.02. The standard InChI is InChI=1S/C10H16ClN3/c11-5-2-1-3-6-12-9-10-13-7-4-8-14-10/h4,7-8,12H,1-3,5-6,9H2. The minimum Gasteiger partial charge on any atom is -0.310 e. The van der Waals surface area contributed by atoms with Crippen LogP contribution in [0.3, 0.4) is 0 Å². The van der Waals surface area contributed by atoms with Gasteiger partial charge in [0, 0.05) is 18.3 Å². The largest absolute Gasteiger partial charge is 0.310 e. The van der Waals surface area contributed by atoms with Crippen LogP contribution in [-0.2, 0) is 6.54 Å². The molecular formula is C10H16ClN3. The molecule has 3 nitrogen and oxygen atoms in total. The zero-order chi connectivity index (χ0) is 10.1. The van der Waals surface area contributed by atoms with Crippen molar-refractivity contribution >= 4 is 11.6 Å². The summed E-state index contributed by atoms with van der Waals surface area (Å²) in [6, 6.07) is 1.82. The van der Waals surface area contributed by atoms with Crippen LogP contribution in [0.15, 0.2) is 18.5 Å². The lowest BCUT2D eigenvalue weighted by molar-refractivity contribution is 0.603. The van der Waals surface area contributed by atoms with E-state index in [4.69, 9.17) is 11.6 Å². The Kier molecular flexibility index (Phi) is 6.28. The van der Waals surface area contributed by atoms with E-state index in [0.717, 1.165) is 31.2 Å². The molecule has 0 unspecified atom stereocenters. The van der Waals surface area contributed by atoms with Crippen molar-refractivity contribution in [3.05, 3.63) is 24.3 Å². The second kappa shape index (κ2) is 7.71. The van der Waals surface area contributed by atoms with Gasteiger partial charge in [0.1, 0.15) is 5.82 Å². The summed E-state index contributed by atoms with van der Waals surface area (Å²) in [5.74, 6) is 1.62. The Bertz CT molecular complexity index is 228. The van der Waals surface area contributed by atoms with Crippen LogP contribution in [0.2, 0.25) is 0 Å². The number of alkyl halides is 1. The number of unbranched alkanes of at least 4 members (excludes halogenated alkanes) is 2. The number of rotatable bonds is 7. The number of hydrogen-bond donors (Lipinski definition) is 1. The van der Waals surface area contributed by atoms with Crippen LogP contribution < -0.4 is 5.32 Å². The smallest absolute Gasteiger partial charge is 0.141 e. The topological polar surface area (TPSA) is 37.8 Å². The Morgan fingerprint density at radius 3 is 2.64 bits per heavy atom. The molecule has 0 atom stereocenters. The molecule has 1 aromatic rings. The molecule has 0 aliphatic carbocycles. The van der Waals surface area contributed by atoms with Gasteiger partial charge in [0.2, 0.25) is 0 Å². The first-order valence-corrected chi connectivity index (χ1v) is 5.49. The first-order valence-electron chi connectivity index (χ1n) is 4.96. The Morgan fingerprint density at radius 1 is 1.14 bits per heavy atom. The molecule has 1 aromatic heterocycles. The second-order valence-electron chi connectivity index (χ2n) is 3.09. The molecule has 0 aliphatic rings. The normalized spacial score (nSPS) is 10.4. The molecule has 0 aromatic carbocycles. The Balaban J connectivity index is 1.99. The first-order chi connectivity index (χ1) is 6.93. The minimum atomic E-state index is 0.752. The van der Waals surface area contributed by atoms with Crippen LogP contribution in [0.4, 0.5) is 0 Å². The summed E-state index contributed by atoms with van der Waals surface area (Å²) in [5, 5.41) is 3.29. The summed E-state index contributed by atoms with van der Waals surface area (Å²) in [4.78, 5) is 8.24. The molecule has 4 heteroatoms. The number of halogens is 1. The molecule has 1 heterocycles. The van der Waals surface area contributed by atoms with E-state index < -0.39 is 0 Å². The van der Waals surface area contributed by atoms with Gasteiger partial charge in [0.05, 0.1) is 6.54 Å². The third-order valence-corrected chi connectivity index (χ3v) is 2.16. The van der Waals surface area contributed by atoms with Crippen molar-refractivity contribution in [1.29, 1.82) is 0 Å². The first kappa shape index (κ1) is 11.4. The highest BCUT2D eigenvalue weighted by Crippen LogP contribution is 1.95. The molecular weight excluding hydrogens is 198 g/mol. The van der Waals surface area contributed by atoms with Crippen molar-refractivity contribution in [1.82, 2.24) is 15.3 Å². The van der Waals surface area contributed by atoms with E-state index in [1.54, 1.807) is 12.4 Å². The molecule has 14 heavy (non-hydrogen) atoms. The van der Waals surface area contributed by atoms with Gasteiger partial charge in [-0.25, -0.2) is 9.97 Å². The highest BCUT2D eigenvalue weighted by molar-refractivity contribution is 6.17. The van der Waals surface area contributed by atoms with E-state index >= 15 is 0 Å². The van der Waals surface area contributed by atoms with Gasteiger partial charge in [-0.15, -0.1) is 11.6 Å². The lowest BCUT2D eigenvalue weighted by Crippen LogP contribution is -2.16. The second-order valence-corrected chi connectivity index (χ2v) is 3.47. The fourth-order valence-corrected chi connectivity index (χ4v) is 1.33. The third-order valence-electron chi connectivity index (χ3n) is 1.89. The van der Waals surface area contributed by atoms with Crippen molar-refractivity contribution in [2.24, 2.45) is 0 Å². The predicted molar refractivity (Wildman–Crippen MR) is 58.3 cm³/mol. The molecule has 0 saturated carbocycles. The van der Waals surface area contributed by atoms with Gasteiger partial charge in [-0.2, -0.15) is 0 Å². The van der Waals surface area contributed by atoms with Crippen molar-refractivity contribution < 1.29 is 0 Å². The number of nitrogens with one attached hydrogen (secondary N) is 1. The highest BCUT2D eigenvalue weighted by Gasteiger charge is 1.93. The average Bonchev–Trinajstić information content (AvgIpc) is 2.25. The van der Waals surface area contributed by atoms with Gasteiger partial charge in [-0.05, 0) is 25.5 Å². The molecule has 0 fully saturated rings. The molecule has 78 valence electrons. The number of nitrogens with zero attached hydrogens (tertiary/aromatic N) is 2. The summed E-state index contributed by atoms with van der Waals surface area (Å²) >= 11 is 5.57. The lowest BCUT2D eigenvalue weighted by atomic mass is 10.2. The van der Waals surface area contributed by atoms with E-state index in [9.17, 15) is 0 Å². The predicted octanol–water partition coefficient (Wildman–Crippen LogP) is 1.98. The maximum absolute atomic E-state index is 5.57. The third kappa shape index (κ3) is 5.14. The van der Waals surface area contributed by atoms with E-state index in [-0.39, 0.29) is 0 Å². The molecule has 0 bridgehead atoms. The van der Waals surface area contributed by atoms with E-state index in [1.807, 2.05) is 6.07 Å². The van der Waals surface area contributed by atoms with Crippen LogP contribution in [0, 0.1) is 0 Å². The summed E-state index contributed by atoms with van der Waals surface area (Å²) in [5.41, 5.74) is 0. The Morgan fingerprint density at radius 2 is 1.93 bits per heavy atom. The quantitative estimate of drug-likeness (QED) is 0.556. The minimum absolute atomic E-state index is 0.752. The molecule has 1 N–H and O–H groups in total. The van der Waals surface area contributed by atoms with Gasteiger partial charge in [0.25, 0.3) is 0 Å². The molecule has 0 aliphatic heterocycles. The monoisotopic (exact) mass is 213 g/mol. The highest BCUT2D eigenvalue weighted by atomic mass is 35.5. The van der Waals surface area contributed by atoms with Crippen LogP contribution >= 0.6 is 11.6 Å². The molecule has 1 rings (SSSR count). The summed E-state index contributed by atoms with van der Waals surface area (Å²) < 4.78 is 0. The van der Waals surface area contributed by atoms with Crippen molar-refractivity contribution in [3.8, 4) is 0 Å². The molecule has 0 amide bonds. The van der Waals surface area contributed by atoms with Crippen LogP contribution in [-0.4, -0.2) is 22.4 Å². The van der Waals surface area contributed by atoms with E-state index in [0.29, 0.717) is 0 Å². The fraction of sp³-hybridized carbons (Fsp3) is 0.600. The van der Waals surface area contributed by atoms with Crippen molar-refractivity contribution in [2.45, 2.75) is 25.8 Å². The maximum Gasteiger partial charge on any atom is 0.141 e. The van der Waals surface area contributed by atoms with E-state index in [2.05, 4.69) is 15.3 Å². The summed E-state index contributed by atoms with van der Waals surface area (Å²) in [7, 11) is 0. The van der Waals surface area contributed by atoms with Gasteiger partial charge in [-0.3, -0.25) is 0 Å². The molecule has 0 radical (unpaired) electrons. The van der Waals surface area contributed by atoms with Gasteiger partial charge < -0.3 is 5.32 Å². The Hall–Kier alpha value is -0.670. The van der Waals surface area contributed by atoms with Crippen LogP contribution in [0.5, 0.6) is 0 Å². The zero-order valence-electron chi connectivity index (χ0n) is 8.25. The van der Waals surface area contributed by atoms with E-state index in [1.165, 1.54) is 12.8 Å². The summed E-state index contributed by atoms with van der Waals surface area (Å²) in [6.07, 6.45) is 6.98. The zero-order valence-corrected chi connectivity index (χ0v) is 9.00. The van der Waals surface area contributed by atoms with Crippen molar-refractivity contribution in [3.63, 3.8) is 0 Å². The Labute approximate surface area is 89.9 Å². The van der Waals surface area contributed by atoms with Gasteiger partial charge >= 0.3 is 0 Å². The summed E-state index contributed by atoms with van der Waals surface area (Å²) in [6.45, 7) is 1.76. The number of hydrogen-bond acceptors (Lipinski definition) is 3. The SMILES string of the molecule is ClCCCCCNCc1ncccn1. The van der Waals surface area contributed by atoms with Gasteiger partial charge in [-0.1, -0.05) is 6.42 Å². The maximum atomic E-state index is 5.57. The average molecular weight is 214 g/mol. The van der Waals surface area contributed by atoms with Crippen LogP contribution in [0.1, 0.15) is 25.1 Å². The molecule has 0 spiro atoms. The van der Waals surface area contributed by atoms with Crippen molar-refractivity contribution in [2.75, 3.05) is 12.4 Å². The molecule has 0 saturated heterocycles.